The molecule has 4 atom stereocenters. The number of aromatic carboxylic acids is 2. The summed E-state index contributed by atoms with van der Waals surface area (Å²) in [5, 5.41) is 48.4. The number of aromatic nitrogens is 7. The maximum absolute atomic E-state index is 13.5. The van der Waals surface area contributed by atoms with Gasteiger partial charge in [-0.3, -0.25) is 4.79 Å². The molecule has 8 aromatic rings. The Morgan fingerprint density at radius 2 is 1.09 bits per heavy atom. The van der Waals surface area contributed by atoms with Crippen molar-refractivity contribution in [3.63, 3.8) is 0 Å². The van der Waals surface area contributed by atoms with Gasteiger partial charge in [0.1, 0.15) is 12.2 Å². The van der Waals surface area contributed by atoms with Crippen LogP contribution in [0, 0.1) is 0 Å². The van der Waals surface area contributed by atoms with E-state index in [1.807, 2.05) is 40.7 Å². The Labute approximate surface area is 609 Å². The molecule has 0 radical (unpaired) electrons. The molecule has 0 aliphatic carbocycles. The molecule has 488 valence electrons. The Kier molecular flexibility index (Phi) is 33.6. The molecule has 0 bridgehead atoms. The second kappa shape index (κ2) is 39.5. The largest absolute Gasteiger partial charge is 1.00 e. The Hall–Kier alpha value is -4.48. The molecule has 0 aromatic carbocycles. The zero-order chi connectivity index (χ0) is 66.0. The Balaban J connectivity index is 0.000000220. The van der Waals surface area contributed by atoms with E-state index in [1.165, 1.54) is 91.9 Å². The van der Waals surface area contributed by atoms with Gasteiger partial charge in [0.25, 0.3) is 5.91 Å². The number of likely N-dealkylation sites (tertiary alicyclic amines) is 1. The smallest absolute Gasteiger partial charge is 0.545 e. The number of ether oxygens (including phenoxy) is 2. The van der Waals surface area contributed by atoms with Crippen LogP contribution < -0.4 is 75.0 Å². The van der Waals surface area contributed by atoms with E-state index in [9.17, 15) is 29.7 Å². The SMILES string of the molecule is CCC[CH2][Sn]([CH2]CCC)([CH2]CCC)[c]1ccccn1.C[C@@H]1CC[C@@H](Oc2ncccc2C(C)(C)O)CN1.C[C@@H]1CC[C@@H](Oc2ncccc2C(C)(C)O)CN1C(=O)c1ccsc1-c1ncccn1.O=C(O)c1ccsc1Br.O=C([O-])c1ccsc1-c1ncccn1.[K+]. The zero-order valence-electron chi connectivity index (χ0n) is 54.6. The van der Waals surface area contributed by atoms with E-state index >= 15 is 0 Å². The van der Waals surface area contributed by atoms with Crippen molar-refractivity contribution in [2.45, 2.75) is 175 Å². The molecule has 0 saturated carbocycles. The standard InChI is InChI=1S/C23H26N4O3S.C14H22N2O2.C9H6N2O2S.C5H3BrO2S.C5H4N.3C4H9.K.Sn/c1-15-7-8-16(30-21-18(23(2,3)29)6-4-10-26-21)14-27(15)22(28)17-9-13-31-19(17)20-24-11-5-12-25-20;1-10-6-7-11(9-16-10)18-13-12(14(2,3)17)5-4-8-15-13;12-9(13)6-2-5-14-7(6)8-10-3-1-4-11-8;6-4-3(5(7)8)1-2-9-4;1-2-4-6-5-3-1;3*1-3-4-2;;/h4-6,9-13,15-16,29H,7-8,14H2,1-3H3;4-5,8,10-11,16-17H,6-7,9H2,1-3H3;1-5H,(H,12,13);1-2H,(H,7,8);1-4H;3*1,3-4H2,2H3;;/q;;;;;;;;+1;/p-1/t15-,16-;10-,11-;;;;;;;;/m11......../s1. The number of hydrogen-bond donors (Lipinski definition) is 4. The first-order valence-electron chi connectivity index (χ1n) is 31.1. The third-order valence-corrected chi connectivity index (χ3v) is 34.2. The zero-order valence-corrected chi connectivity index (χ0v) is 64.6. The quantitative estimate of drug-likeness (QED) is 0.0488. The van der Waals surface area contributed by atoms with Crippen LogP contribution in [0.25, 0.3) is 21.4 Å². The number of nitrogens with one attached hydrogen (secondary N) is 1. The number of unbranched alkanes of at least 4 members (excludes halogenated alkanes) is 3. The third-order valence-electron chi connectivity index (χ3n) is 15.5. The molecule has 2 saturated heterocycles. The van der Waals surface area contributed by atoms with E-state index in [-0.39, 0.29) is 81.1 Å². The summed E-state index contributed by atoms with van der Waals surface area (Å²) < 4.78 is 18.9. The van der Waals surface area contributed by atoms with E-state index in [4.69, 9.17) is 19.6 Å². The summed E-state index contributed by atoms with van der Waals surface area (Å²) in [5.74, 6) is -0.199. The molecule has 2 aliphatic rings. The second-order valence-electron chi connectivity index (χ2n) is 23.6. The van der Waals surface area contributed by atoms with Crippen LogP contribution in [-0.4, -0.2) is 129 Å². The summed E-state index contributed by atoms with van der Waals surface area (Å²) in [6, 6.07) is 22.9. The van der Waals surface area contributed by atoms with E-state index < -0.39 is 41.5 Å². The van der Waals surface area contributed by atoms with Crippen LogP contribution in [0.1, 0.15) is 169 Å². The predicted octanol–water partition coefficient (Wildman–Crippen LogP) is 10.6. The molecule has 92 heavy (non-hydrogen) atoms. The van der Waals surface area contributed by atoms with E-state index in [0.29, 0.717) is 61.3 Å². The summed E-state index contributed by atoms with van der Waals surface area (Å²) in [6.45, 7) is 19.4. The number of carboxylic acid groups (broad SMARTS) is 2. The van der Waals surface area contributed by atoms with Gasteiger partial charge in [0, 0.05) is 72.5 Å². The normalized spacial score (nSPS) is 16.2. The molecule has 10 rings (SSSR count). The topological polar surface area (TPSA) is 259 Å². The van der Waals surface area contributed by atoms with Crippen molar-refractivity contribution < 1.29 is 95.7 Å². The number of carboxylic acids is 2. The Bertz CT molecular complexity index is 3440. The minimum Gasteiger partial charge on any atom is -0.545 e. The van der Waals surface area contributed by atoms with Crippen LogP contribution in [0.15, 0.2) is 136 Å². The fourth-order valence-corrected chi connectivity index (χ4v) is 28.8. The monoisotopic (exact) mass is 1510 g/mol. The minimum absolute atomic E-state index is 0. The van der Waals surface area contributed by atoms with Crippen LogP contribution in [0.3, 0.4) is 0 Å². The first-order valence-corrected chi connectivity index (χ1v) is 42.0. The molecule has 10 heterocycles. The van der Waals surface area contributed by atoms with Crippen molar-refractivity contribution in [3.05, 3.63) is 164 Å². The van der Waals surface area contributed by atoms with Crippen molar-refractivity contribution in [1.29, 1.82) is 0 Å². The summed E-state index contributed by atoms with van der Waals surface area (Å²) in [7, 11) is 0. The van der Waals surface area contributed by atoms with Gasteiger partial charge in [0.2, 0.25) is 11.8 Å². The maximum atomic E-state index is 13.5. The maximum Gasteiger partial charge on any atom is 1.00 e. The van der Waals surface area contributed by atoms with E-state index in [2.05, 4.69) is 104 Å². The fourth-order valence-electron chi connectivity index (χ4n) is 10.5. The molecule has 2 aliphatic heterocycles. The van der Waals surface area contributed by atoms with Crippen LogP contribution in [0.5, 0.6) is 11.8 Å². The number of carbonyl (C=O) groups is 3. The number of hydrogen-bond acceptors (Lipinski definition) is 19. The molecule has 0 spiro atoms. The summed E-state index contributed by atoms with van der Waals surface area (Å²) in [5.41, 5.74) is 0.456. The first kappa shape index (κ1) is 78.2. The minimum atomic E-state index is -2.21. The van der Waals surface area contributed by atoms with E-state index in [0.717, 1.165) is 42.7 Å². The number of pyridine rings is 3. The van der Waals surface area contributed by atoms with Gasteiger partial charge in [0.15, 0.2) is 11.6 Å². The van der Waals surface area contributed by atoms with Crippen LogP contribution in [0.4, 0.5) is 0 Å². The van der Waals surface area contributed by atoms with Crippen molar-refractivity contribution >= 4 is 89.9 Å². The Morgan fingerprint density at radius 1 is 0.620 bits per heavy atom. The van der Waals surface area contributed by atoms with Gasteiger partial charge in [-0.25, -0.2) is 34.7 Å². The van der Waals surface area contributed by atoms with Crippen molar-refractivity contribution in [2.24, 2.45) is 0 Å². The fraction of sp³-hybridized carbons (Fsp3) is 0.441. The summed E-state index contributed by atoms with van der Waals surface area (Å²) >= 11 is 5.01. The van der Waals surface area contributed by atoms with Gasteiger partial charge in [-0.1, -0.05) is 0 Å². The summed E-state index contributed by atoms with van der Waals surface area (Å²) in [4.78, 5) is 67.5. The number of carbonyl (C=O) groups excluding carboxylic acids is 2. The molecular formula is C68H87BrKN9O9S3Sn. The molecule has 24 heteroatoms. The van der Waals surface area contributed by atoms with E-state index in [1.54, 1.807) is 104 Å². The number of amides is 1. The molecule has 18 nitrogen and oxygen atoms in total. The number of halogens is 1. The van der Waals surface area contributed by atoms with Crippen LogP contribution >= 0.6 is 49.9 Å². The Morgan fingerprint density at radius 3 is 1.52 bits per heavy atom. The van der Waals surface area contributed by atoms with Crippen LogP contribution in [-0.2, 0) is 11.2 Å². The first-order chi connectivity index (χ1) is 43.6. The number of piperidine rings is 2. The molecular weight excluding hydrogens is 1420 g/mol. The van der Waals surface area contributed by atoms with Crippen molar-refractivity contribution in [3.8, 4) is 33.2 Å². The average Bonchev–Trinajstić information content (AvgIpc) is 1.40. The molecule has 4 N–H and O–H groups in total. The number of aliphatic hydroxyl groups is 2. The van der Waals surface area contributed by atoms with Crippen molar-refractivity contribution in [1.82, 2.24) is 45.1 Å². The number of rotatable bonds is 21. The van der Waals surface area contributed by atoms with Gasteiger partial charge in [-0.2, -0.15) is 0 Å². The molecule has 0 unspecified atom stereocenters. The molecule has 8 aromatic heterocycles. The van der Waals surface area contributed by atoms with Gasteiger partial charge in [0.05, 0.1) is 48.4 Å². The third kappa shape index (κ3) is 24.0. The van der Waals surface area contributed by atoms with Crippen LogP contribution in [0.2, 0.25) is 13.3 Å². The van der Waals surface area contributed by atoms with Gasteiger partial charge < -0.3 is 44.9 Å². The van der Waals surface area contributed by atoms with Gasteiger partial charge in [-0.05, 0) is 154 Å². The second-order valence-corrected chi connectivity index (χ2v) is 40.7. The molecule has 1 amide bonds. The number of thiophene rings is 3. The predicted molar refractivity (Wildman–Crippen MR) is 367 cm³/mol. The number of nitrogens with zero attached hydrogens (tertiary/aromatic N) is 8. The summed E-state index contributed by atoms with van der Waals surface area (Å²) in [6.07, 6.45) is 23.8. The average molecular weight is 1510 g/mol. The van der Waals surface area contributed by atoms with Gasteiger partial charge in [-0.15, -0.1) is 34.0 Å². The van der Waals surface area contributed by atoms with Crippen molar-refractivity contribution in [2.75, 3.05) is 13.1 Å². The van der Waals surface area contributed by atoms with Gasteiger partial charge >= 0.3 is 181 Å². The molecule has 2 fully saturated rings.